The number of fused-ring (bicyclic) bond motifs is 2. The van der Waals surface area contributed by atoms with Crippen molar-refractivity contribution in [1.82, 2.24) is 4.31 Å². The Balaban J connectivity index is 0.00000226. The van der Waals surface area contributed by atoms with Crippen molar-refractivity contribution in [2.45, 2.75) is 82.7 Å². The molecular weight excluding hydrogens is 613 g/mol. The molecular formula is C35H37F7N2S. The molecule has 0 saturated heterocycles. The first-order chi connectivity index (χ1) is 21.3. The van der Waals surface area contributed by atoms with Gasteiger partial charge in [0.25, 0.3) is 0 Å². The lowest BCUT2D eigenvalue weighted by molar-refractivity contribution is 0.0314. The van der Waals surface area contributed by atoms with Crippen LogP contribution in [-0.4, -0.2) is 16.9 Å². The fourth-order valence-electron chi connectivity index (χ4n) is 5.79. The topological polar surface area (TPSA) is 6.48 Å². The summed E-state index contributed by atoms with van der Waals surface area (Å²) in [6.07, 6.45) is 5.63. The van der Waals surface area contributed by atoms with Crippen LogP contribution >= 0.6 is 11.9 Å². The molecule has 1 heterocycles. The van der Waals surface area contributed by atoms with Gasteiger partial charge in [-0.3, -0.25) is 0 Å². The van der Waals surface area contributed by atoms with Crippen LogP contribution in [-0.2, 0) is 18.9 Å². The van der Waals surface area contributed by atoms with Crippen LogP contribution in [0, 0.1) is 42.9 Å². The quantitative estimate of drug-likeness (QED) is 0.104. The Kier molecular flexibility index (Phi) is 10.8. The molecule has 0 N–H and O–H groups in total. The first kappa shape index (κ1) is 34.6. The molecule has 0 aromatic heterocycles. The molecule has 1 aliphatic carbocycles. The van der Waals surface area contributed by atoms with E-state index in [1.165, 1.54) is 4.31 Å². The first-order valence-corrected chi connectivity index (χ1v) is 15.7. The summed E-state index contributed by atoms with van der Waals surface area (Å²) in [4.78, 5) is 1.27. The number of rotatable bonds is 8. The van der Waals surface area contributed by atoms with Crippen molar-refractivity contribution in [1.29, 1.82) is 0 Å². The van der Waals surface area contributed by atoms with Crippen LogP contribution in [0.15, 0.2) is 60.7 Å². The number of halogens is 7. The second-order valence-electron chi connectivity index (χ2n) is 11.4. The molecule has 1 aliphatic heterocycles. The summed E-state index contributed by atoms with van der Waals surface area (Å²) in [7, 11) is 0. The highest BCUT2D eigenvalue weighted by Crippen LogP contribution is 2.50. The molecule has 0 atom stereocenters. The summed E-state index contributed by atoms with van der Waals surface area (Å²) >= 11 is 0.456. The molecule has 0 amide bonds. The Morgan fingerprint density at radius 1 is 1.00 bits per heavy atom. The Morgan fingerprint density at radius 2 is 1.69 bits per heavy atom. The Bertz CT molecular complexity index is 1590. The summed E-state index contributed by atoms with van der Waals surface area (Å²) in [5.74, 6) is -12.1. The van der Waals surface area contributed by atoms with Gasteiger partial charge in [0.1, 0.15) is 17.5 Å². The average molecular weight is 651 g/mol. The van der Waals surface area contributed by atoms with E-state index in [0.29, 0.717) is 29.8 Å². The highest BCUT2D eigenvalue weighted by atomic mass is 32.2. The molecule has 45 heavy (non-hydrogen) atoms. The molecule has 0 bridgehead atoms. The monoisotopic (exact) mass is 650 g/mol. The molecule has 3 aromatic carbocycles. The predicted octanol–water partition coefficient (Wildman–Crippen LogP) is 10.7. The first-order valence-electron chi connectivity index (χ1n) is 14.9. The number of hydrogen-bond donors (Lipinski definition) is 0. The standard InChI is InChI=1S/C33H33F7N2S.C2H4/c1-5-6-8-21-13-18(2)11-12-27(21)42(23-9-7-10-23)19(3)16-41-17-24-25(14-22(34)15-26(24)35)33(39,40)28-31(38)29(36)20(4)30(37)32(28)43-41;1-2/h11-15,23H,3,5-10,16-17H2,1-2,4H3;1-2H2. The summed E-state index contributed by atoms with van der Waals surface area (Å²) in [5.41, 5.74) is -0.376. The number of anilines is 1. The van der Waals surface area contributed by atoms with Gasteiger partial charge in [0, 0.05) is 53.3 Å². The zero-order chi connectivity index (χ0) is 33.2. The van der Waals surface area contributed by atoms with Crippen LogP contribution < -0.4 is 4.90 Å². The van der Waals surface area contributed by atoms with Gasteiger partial charge in [-0.2, -0.15) is 8.78 Å². The van der Waals surface area contributed by atoms with Crippen LogP contribution in [0.3, 0.4) is 0 Å². The molecule has 5 rings (SSSR count). The number of nitrogens with zero attached hydrogens (tertiary/aromatic N) is 2. The van der Waals surface area contributed by atoms with Crippen LogP contribution in [0.2, 0.25) is 0 Å². The van der Waals surface area contributed by atoms with Crippen molar-refractivity contribution < 1.29 is 30.7 Å². The number of alkyl halides is 2. The smallest absolute Gasteiger partial charge is 0.303 e. The van der Waals surface area contributed by atoms with Gasteiger partial charge < -0.3 is 4.90 Å². The Hall–Kier alpha value is -3.24. The largest absolute Gasteiger partial charge is 0.341 e. The summed E-state index contributed by atoms with van der Waals surface area (Å²) in [6, 6.07) is 7.14. The Morgan fingerprint density at radius 3 is 2.31 bits per heavy atom. The van der Waals surface area contributed by atoms with Gasteiger partial charge >= 0.3 is 5.92 Å². The molecule has 0 unspecified atom stereocenters. The lowest BCUT2D eigenvalue weighted by atomic mass is 9.89. The van der Waals surface area contributed by atoms with Crippen LogP contribution in [0.5, 0.6) is 0 Å². The van der Waals surface area contributed by atoms with Crippen molar-refractivity contribution >= 4 is 17.6 Å². The van der Waals surface area contributed by atoms with E-state index < -0.39 is 68.7 Å². The number of unbranched alkanes of at least 4 members (excludes halogenated alkanes) is 1. The third-order valence-corrected chi connectivity index (χ3v) is 9.38. The Labute approximate surface area is 264 Å². The van der Waals surface area contributed by atoms with E-state index in [9.17, 15) is 8.78 Å². The van der Waals surface area contributed by atoms with Crippen LogP contribution in [0.1, 0.15) is 72.4 Å². The van der Waals surface area contributed by atoms with Gasteiger partial charge in [0.05, 0.1) is 10.5 Å². The third-order valence-electron chi connectivity index (χ3n) is 8.30. The van der Waals surface area contributed by atoms with E-state index in [0.717, 1.165) is 62.3 Å². The molecule has 1 fully saturated rings. The average Bonchev–Trinajstić information content (AvgIpc) is 2.97. The van der Waals surface area contributed by atoms with Gasteiger partial charge in [-0.25, -0.2) is 26.3 Å². The maximum Gasteiger partial charge on any atom is 0.303 e. The third kappa shape index (κ3) is 6.68. The highest BCUT2D eigenvalue weighted by molar-refractivity contribution is 7.97. The van der Waals surface area contributed by atoms with Gasteiger partial charge in [0.15, 0.2) is 11.6 Å². The maximum atomic E-state index is 15.9. The fraction of sp³-hybridized carbons (Fsp3) is 0.371. The summed E-state index contributed by atoms with van der Waals surface area (Å²) in [6.45, 7) is 14.8. The van der Waals surface area contributed by atoms with Gasteiger partial charge in [0.2, 0.25) is 0 Å². The van der Waals surface area contributed by atoms with E-state index in [4.69, 9.17) is 0 Å². The van der Waals surface area contributed by atoms with Gasteiger partial charge in [-0.15, -0.1) is 13.2 Å². The van der Waals surface area contributed by atoms with Crippen molar-refractivity contribution in [2.24, 2.45) is 0 Å². The molecule has 10 heteroatoms. The summed E-state index contributed by atoms with van der Waals surface area (Å²) < 4.78 is 108. The minimum absolute atomic E-state index is 0.0546. The van der Waals surface area contributed by atoms with Crippen LogP contribution in [0.25, 0.3) is 0 Å². The van der Waals surface area contributed by atoms with E-state index in [1.54, 1.807) is 0 Å². The maximum absolute atomic E-state index is 15.9. The second-order valence-corrected chi connectivity index (χ2v) is 12.5. The molecule has 0 spiro atoms. The lowest BCUT2D eigenvalue weighted by Gasteiger charge is -2.42. The second kappa shape index (κ2) is 14.0. The predicted molar refractivity (Wildman–Crippen MR) is 167 cm³/mol. The van der Waals surface area contributed by atoms with Gasteiger partial charge in [-0.1, -0.05) is 37.6 Å². The van der Waals surface area contributed by atoms with Gasteiger partial charge in [-0.05, 0) is 75.6 Å². The van der Waals surface area contributed by atoms with E-state index >= 15 is 22.0 Å². The molecule has 2 aliphatic rings. The zero-order valence-corrected chi connectivity index (χ0v) is 26.5. The summed E-state index contributed by atoms with van der Waals surface area (Å²) in [5, 5.41) is 0. The molecule has 2 nitrogen and oxygen atoms in total. The van der Waals surface area contributed by atoms with Crippen molar-refractivity contribution in [3.63, 3.8) is 0 Å². The fourth-order valence-corrected chi connectivity index (χ4v) is 7.00. The number of benzene rings is 3. The lowest BCUT2D eigenvalue weighted by Crippen LogP contribution is -2.42. The number of aryl methyl sites for hydroxylation is 2. The van der Waals surface area contributed by atoms with Crippen molar-refractivity contribution in [2.75, 3.05) is 11.4 Å². The molecule has 3 aromatic rings. The highest BCUT2D eigenvalue weighted by Gasteiger charge is 2.47. The molecule has 1 saturated carbocycles. The zero-order valence-electron chi connectivity index (χ0n) is 25.7. The van der Waals surface area contributed by atoms with E-state index in [2.05, 4.69) is 37.6 Å². The molecule has 0 radical (unpaired) electrons. The minimum atomic E-state index is -4.42. The van der Waals surface area contributed by atoms with E-state index in [-0.39, 0.29) is 12.6 Å². The van der Waals surface area contributed by atoms with E-state index in [1.807, 2.05) is 19.1 Å². The van der Waals surface area contributed by atoms with Crippen molar-refractivity contribution in [3.05, 3.63) is 118 Å². The van der Waals surface area contributed by atoms with Crippen molar-refractivity contribution in [3.8, 4) is 0 Å². The SMILES string of the molecule is C=C.C=C(CN1Cc2c(F)cc(F)cc2C(F)(F)c2c(F)c(F)c(C)c(F)c2S1)N(c1ccc(C)cc1CCCC)C1CCC1. The molecule has 242 valence electrons. The number of hydrogen-bond acceptors (Lipinski definition) is 3. The normalized spacial score (nSPS) is 16.0. The van der Waals surface area contributed by atoms with Crippen LogP contribution in [0.4, 0.5) is 36.4 Å². The minimum Gasteiger partial charge on any atom is -0.341 e.